The number of methoxy groups -OCH3 is 2. The number of aliphatic hydroxyl groups excluding tert-OH is 1. The molecule has 0 saturated carbocycles. The highest BCUT2D eigenvalue weighted by molar-refractivity contribution is 5.57. The van der Waals surface area contributed by atoms with E-state index >= 15 is 0 Å². The van der Waals surface area contributed by atoms with Gasteiger partial charge >= 0.3 is 0 Å². The largest absolute Gasteiger partial charge is 0.498 e. The average Bonchev–Trinajstić information content (AvgIpc) is 2.31. The van der Waals surface area contributed by atoms with Gasteiger partial charge in [-0.1, -0.05) is 19.3 Å². The molecule has 0 aliphatic rings. The maximum absolute atomic E-state index is 10.5. The van der Waals surface area contributed by atoms with Gasteiger partial charge in [0.05, 0.1) is 14.2 Å². The topological polar surface area (TPSA) is 55.8 Å². The van der Waals surface area contributed by atoms with Crippen molar-refractivity contribution < 1.29 is 19.4 Å². The molecule has 0 aromatic rings. The Bertz CT molecular complexity index is 351. The van der Waals surface area contributed by atoms with Gasteiger partial charge in [-0.05, 0) is 12.3 Å². The van der Waals surface area contributed by atoms with Crippen molar-refractivity contribution >= 4 is 5.94 Å². The summed E-state index contributed by atoms with van der Waals surface area (Å²) in [5.41, 5.74) is 0. The Morgan fingerprint density at radius 3 is 2.44 bits per heavy atom. The van der Waals surface area contributed by atoms with Crippen LogP contribution < -0.4 is 0 Å². The summed E-state index contributed by atoms with van der Waals surface area (Å²) in [6.07, 6.45) is 2.68. The molecule has 0 heterocycles. The molecule has 0 spiro atoms. The summed E-state index contributed by atoms with van der Waals surface area (Å²) in [6, 6.07) is 0. The van der Waals surface area contributed by atoms with Gasteiger partial charge in [0.1, 0.15) is 0 Å². The molecule has 0 bridgehead atoms. The van der Waals surface area contributed by atoms with Crippen LogP contribution in [0.5, 0.6) is 0 Å². The minimum Gasteiger partial charge on any atom is -0.498 e. The highest BCUT2D eigenvalue weighted by Gasteiger charge is 2.12. The fraction of sp³-hybridized carbons (Fsp3) is 0.500. The number of rotatable bonds is 5. The van der Waals surface area contributed by atoms with Crippen molar-refractivity contribution in [3.8, 4) is 11.8 Å². The first-order valence-corrected chi connectivity index (χ1v) is 4.96. The number of aliphatic hydroxyl groups is 1. The summed E-state index contributed by atoms with van der Waals surface area (Å²) < 4.78 is 9.50. The lowest BCUT2D eigenvalue weighted by Crippen LogP contribution is -2.00. The summed E-state index contributed by atoms with van der Waals surface area (Å²) in [5.74, 6) is 6.16. The van der Waals surface area contributed by atoms with Crippen molar-refractivity contribution in [2.24, 2.45) is 0 Å². The molecule has 0 atom stereocenters. The van der Waals surface area contributed by atoms with Crippen molar-refractivity contribution in [2.45, 2.75) is 26.2 Å². The smallest absolute Gasteiger partial charge is 0.251 e. The van der Waals surface area contributed by atoms with E-state index in [0.717, 1.165) is 12.8 Å². The summed E-state index contributed by atoms with van der Waals surface area (Å²) >= 11 is 0. The van der Waals surface area contributed by atoms with E-state index in [1.165, 1.54) is 20.2 Å². The standard InChI is InChI=1S/C12H16O4/c1-4-5-6-7-8-10(14)12(16-3)11(9-13)15-2/h14H,4-6H2,1-3H3/b12-10+. The lowest BCUT2D eigenvalue weighted by atomic mass is 10.2. The Balaban J connectivity index is 4.85. The normalized spacial score (nSPS) is 10.4. The van der Waals surface area contributed by atoms with Gasteiger partial charge in [-0.3, -0.25) is 0 Å². The summed E-state index contributed by atoms with van der Waals surface area (Å²) in [4.78, 5) is 10.5. The number of unbranched alkanes of at least 4 members (excludes halogenated alkanes) is 2. The van der Waals surface area contributed by atoms with Gasteiger partial charge in [-0.15, -0.1) is 0 Å². The Labute approximate surface area is 95.6 Å². The number of carbonyl (C=O) groups excluding carboxylic acids is 1. The van der Waals surface area contributed by atoms with Crippen LogP contribution in [-0.2, 0) is 14.3 Å². The van der Waals surface area contributed by atoms with E-state index in [-0.39, 0.29) is 17.3 Å². The van der Waals surface area contributed by atoms with E-state index in [0.29, 0.717) is 6.42 Å². The Morgan fingerprint density at radius 2 is 2.00 bits per heavy atom. The second-order valence-corrected chi connectivity index (χ2v) is 2.92. The average molecular weight is 224 g/mol. The first-order chi connectivity index (χ1) is 7.71. The number of hydrogen-bond acceptors (Lipinski definition) is 4. The maximum Gasteiger partial charge on any atom is 0.251 e. The van der Waals surface area contributed by atoms with Gasteiger partial charge in [0.15, 0.2) is 5.94 Å². The molecule has 0 aliphatic heterocycles. The molecule has 0 rings (SSSR count). The molecule has 16 heavy (non-hydrogen) atoms. The Hall–Kier alpha value is -1.85. The van der Waals surface area contributed by atoms with Crippen molar-refractivity contribution in [3.63, 3.8) is 0 Å². The lowest BCUT2D eigenvalue weighted by molar-refractivity contribution is 0.207. The molecular weight excluding hydrogens is 208 g/mol. The van der Waals surface area contributed by atoms with Crippen LogP contribution in [0.2, 0.25) is 0 Å². The van der Waals surface area contributed by atoms with Crippen LogP contribution in [-0.4, -0.2) is 25.3 Å². The van der Waals surface area contributed by atoms with Crippen LogP contribution in [0.15, 0.2) is 17.3 Å². The van der Waals surface area contributed by atoms with E-state index < -0.39 is 0 Å². The molecule has 88 valence electrons. The minimum absolute atomic E-state index is 0.0958. The molecule has 0 unspecified atom stereocenters. The van der Waals surface area contributed by atoms with Crippen molar-refractivity contribution in [1.29, 1.82) is 0 Å². The zero-order chi connectivity index (χ0) is 12.4. The molecule has 0 aromatic heterocycles. The van der Waals surface area contributed by atoms with E-state index in [2.05, 4.69) is 23.5 Å². The van der Waals surface area contributed by atoms with Crippen LogP contribution in [0.4, 0.5) is 0 Å². The van der Waals surface area contributed by atoms with Crippen molar-refractivity contribution in [2.75, 3.05) is 14.2 Å². The third-order valence-corrected chi connectivity index (χ3v) is 1.78. The molecule has 4 nitrogen and oxygen atoms in total. The summed E-state index contributed by atoms with van der Waals surface area (Å²) in [7, 11) is 2.60. The molecule has 0 aromatic carbocycles. The number of hydrogen-bond donors (Lipinski definition) is 1. The zero-order valence-electron chi connectivity index (χ0n) is 9.79. The monoisotopic (exact) mass is 224 g/mol. The van der Waals surface area contributed by atoms with E-state index in [1.54, 1.807) is 0 Å². The van der Waals surface area contributed by atoms with E-state index in [1.807, 2.05) is 0 Å². The van der Waals surface area contributed by atoms with Crippen LogP contribution >= 0.6 is 0 Å². The van der Waals surface area contributed by atoms with Crippen LogP contribution in [0.3, 0.4) is 0 Å². The quantitative estimate of drug-likeness (QED) is 0.255. The molecule has 0 amide bonds. The van der Waals surface area contributed by atoms with Crippen molar-refractivity contribution in [1.82, 2.24) is 0 Å². The van der Waals surface area contributed by atoms with Crippen LogP contribution in [0, 0.1) is 11.8 Å². The molecule has 0 radical (unpaired) electrons. The van der Waals surface area contributed by atoms with Crippen molar-refractivity contribution in [3.05, 3.63) is 17.3 Å². The highest BCUT2D eigenvalue weighted by Crippen LogP contribution is 2.11. The fourth-order valence-corrected chi connectivity index (χ4v) is 0.946. The van der Waals surface area contributed by atoms with Gasteiger partial charge in [-0.25, -0.2) is 4.79 Å². The molecule has 0 saturated heterocycles. The fourth-order valence-electron chi connectivity index (χ4n) is 0.946. The SMILES string of the molecule is CCCCC#C/C(O)=C(\OC)C(=C=O)OC. The molecule has 0 aliphatic carbocycles. The van der Waals surface area contributed by atoms with Crippen LogP contribution in [0.1, 0.15) is 26.2 Å². The first-order valence-electron chi connectivity index (χ1n) is 4.96. The third-order valence-electron chi connectivity index (χ3n) is 1.78. The molecular formula is C12H16O4. The van der Waals surface area contributed by atoms with Gasteiger partial charge in [0.2, 0.25) is 11.5 Å². The molecule has 4 heteroatoms. The Morgan fingerprint density at radius 1 is 1.31 bits per heavy atom. The third kappa shape index (κ3) is 4.59. The molecule has 1 N–H and O–H groups in total. The predicted octanol–water partition coefficient (Wildman–Crippen LogP) is 1.96. The second kappa shape index (κ2) is 8.46. The number of allylic oxidation sites excluding steroid dienone is 1. The van der Waals surface area contributed by atoms with Gasteiger partial charge in [-0.2, -0.15) is 0 Å². The zero-order valence-corrected chi connectivity index (χ0v) is 9.79. The second-order valence-electron chi connectivity index (χ2n) is 2.92. The highest BCUT2D eigenvalue weighted by atomic mass is 16.5. The Kier molecular flexibility index (Phi) is 7.48. The maximum atomic E-state index is 10.5. The van der Waals surface area contributed by atoms with Gasteiger partial charge in [0, 0.05) is 6.42 Å². The van der Waals surface area contributed by atoms with Gasteiger partial charge in [0.25, 0.3) is 5.76 Å². The number of ether oxygens (including phenoxy) is 2. The van der Waals surface area contributed by atoms with E-state index in [4.69, 9.17) is 4.74 Å². The minimum atomic E-state index is -0.321. The molecule has 0 fully saturated rings. The summed E-state index contributed by atoms with van der Waals surface area (Å²) in [6.45, 7) is 2.05. The summed E-state index contributed by atoms with van der Waals surface area (Å²) in [5, 5.41) is 9.54. The predicted molar refractivity (Wildman–Crippen MR) is 60.2 cm³/mol. The van der Waals surface area contributed by atoms with Gasteiger partial charge < -0.3 is 14.6 Å². The lowest BCUT2D eigenvalue weighted by Gasteiger charge is -2.05. The van der Waals surface area contributed by atoms with E-state index in [9.17, 15) is 9.90 Å². The first kappa shape index (κ1) is 14.2. The van der Waals surface area contributed by atoms with Crippen LogP contribution in [0.25, 0.3) is 0 Å².